The van der Waals surface area contributed by atoms with Crippen LogP contribution in [0.5, 0.6) is 0 Å². The maximum atomic E-state index is 12.3. The van der Waals surface area contributed by atoms with Gasteiger partial charge in [-0.3, -0.25) is 14.6 Å². The maximum absolute atomic E-state index is 12.3. The van der Waals surface area contributed by atoms with Crippen LogP contribution in [-0.2, 0) is 16.0 Å². The number of likely N-dealkylation sites (tertiary alicyclic amines) is 1. The largest absolute Gasteiger partial charge is 0.356 e. The fourth-order valence-electron chi connectivity index (χ4n) is 3.63. The first-order valence-corrected chi connectivity index (χ1v) is 10.7. The van der Waals surface area contributed by atoms with Gasteiger partial charge in [0.05, 0.1) is 6.54 Å². The zero-order valence-electron chi connectivity index (χ0n) is 18.3. The van der Waals surface area contributed by atoms with Crippen molar-refractivity contribution in [3.8, 4) is 12.3 Å². The average molecular weight is 432 g/mol. The quantitative estimate of drug-likeness (QED) is 0.338. The van der Waals surface area contributed by atoms with Crippen molar-refractivity contribution in [2.24, 2.45) is 10.9 Å². The van der Waals surface area contributed by atoms with Crippen molar-refractivity contribution in [1.82, 2.24) is 15.5 Å². The Kier molecular flexibility index (Phi) is 8.27. The SMILES string of the molecule is C#Cc1cccc(NC(=O)CNC(=NC)NCC2CC(=O)N(CCc3ccccc3)C2)c1. The van der Waals surface area contributed by atoms with Gasteiger partial charge in [-0.15, -0.1) is 6.42 Å². The van der Waals surface area contributed by atoms with Gasteiger partial charge < -0.3 is 20.9 Å². The number of hydrogen-bond donors (Lipinski definition) is 3. The van der Waals surface area contributed by atoms with Gasteiger partial charge in [-0.05, 0) is 30.2 Å². The molecule has 3 rings (SSSR count). The standard InChI is InChI=1S/C25H29N5O2/c1-3-19-10-7-11-22(14-19)29-23(31)17-28-25(26-2)27-16-21-15-24(32)30(18-21)13-12-20-8-5-4-6-9-20/h1,4-11,14,21H,12-13,15-18H2,2H3,(H,29,31)(H2,26,27,28). The predicted octanol–water partition coefficient (Wildman–Crippen LogP) is 1.86. The number of aliphatic imine (C=N–C) groups is 1. The van der Waals surface area contributed by atoms with Gasteiger partial charge in [0.1, 0.15) is 0 Å². The van der Waals surface area contributed by atoms with Crippen LogP contribution in [0.15, 0.2) is 59.6 Å². The van der Waals surface area contributed by atoms with Crippen molar-refractivity contribution in [3.63, 3.8) is 0 Å². The van der Waals surface area contributed by atoms with E-state index < -0.39 is 0 Å². The molecule has 7 nitrogen and oxygen atoms in total. The molecule has 32 heavy (non-hydrogen) atoms. The van der Waals surface area contributed by atoms with Gasteiger partial charge in [-0.2, -0.15) is 0 Å². The Labute approximate surface area is 189 Å². The lowest BCUT2D eigenvalue weighted by molar-refractivity contribution is -0.127. The normalized spacial score (nSPS) is 15.9. The minimum absolute atomic E-state index is 0.0623. The number of carbonyl (C=O) groups excluding carboxylic acids is 2. The highest BCUT2D eigenvalue weighted by Gasteiger charge is 2.29. The summed E-state index contributed by atoms with van der Waals surface area (Å²) < 4.78 is 0. The van der Waals surface area contributed by atoms with Crippen molar-refractivity contribution in [2.45, 2.75) is 12.8 Å². The molecule has 1 fully saturated rings. The Morgan fingerprint density at radius 1 is 1.19 bits per heavy atom. The molecular formula is C25H29N5O2. The van der Waals surface area contributed by atoms with Crippen LogP contribution in [0.3, 0.4) is 0 Å². The Morgan fingerprint density at radius 2 is 2.00 bits per heavy atom. The number of nitrogens with zero attached hydrogens (tertiary/aromatic N) is 2. The smallest absolute Gasteiger partial charge is 0.243 e. The van der Waals surface area contributed by atoms with E-state index in [1.165, 1.54) is 5.56 Å². The van der Waals surface area contributed by atoms with E-state index in [1.807, 2.05) is 23.1 Å². The molecule has 0 aromatic heterocycles. The lowest BCUT2D eigenvalue weighted by atomic mass is 10.1. The fourth-order valence-corrected chi connectivity index (χ4v) is 3.63. The summed E-state index contributed by atoms with van der Waals surface area (Å²) in [5, 5.41) is 9.02. The van der Waals surface area contributed by atoms with E-state index in [4.69, 9.17) is 6.42 Å². The van der Waals surface area contributed by atoms with Gasteiger partial charge in [-0.1, -0.05) is 42.3 Å². The molecule has 7 heteroatoms. The monoisotopic (exact) mass is 431 g/mol. The summed E-state index contributed by atoms with van der Waals surface area (Å²) in [5.74, 6) is 3.25. The molecule has 0 bridgehead atoms. The van der Waals surface area contributed by atoms with E-state index in [1.54, 1.807) is 31.3 Å². The molecule has 1 unspecified atom stereocenters. The average Bonchev–Trinajstić information content (AvgIpc) is 3.18. The highest BCUT2D eigenvalue weighted by atomic mass is 16.2. The van der Waals surface area contributed by atoms with Gasteiger partial charge in [0, 0.05) is 50.3 Å². The topological polar surface area (TPSA) is 85.8 Å². The zero-order valence-corrected chi connectivity index (χ0v) is 18.3. The van der Waals surface area contributed by atoms with Gasteiger partial charge in [0.25, 0.3) is 0 Å². The number of benzene rings is 2. The van der Waals surface area contributed by atoms with Crippen LogP contribution >= 0.6 is 0 Å². The molecule has 1 atom stereocenters. The second-order valence-electron chi connectivity index (χ2n) is 7.73. The molecule has 0 radical (unpaired) electrons. The highest BCUT2D eigenvalue weighted by molar-refractivity contribution is 5.95. The van der Waals surface area contributed by atoms with Gasteiger partial charge in [0.2, 0.25) is 11.8 Å². The van der Waals surface area contributed by atoms with E-state index in [-0.39, 0.29) is 24.3 Å². The summed E-state index contributed by atoms with van der Waals surface area (Å²) in [6, 6.07) is 17.3. The van der Waals surface area contributed by atoms with Crippen LogP contribution < -0.4 is 16.0 Å². The van der Waals surface area contributed by atoms with Crippen molar-refractivity contribution < 1.29 is 9.59 Å². The molecular weight excluding hydrogens is 402 g/mol. The first kappa shape index (κ1) is 22.9. The Hall–Kier alpha value is -3.79. The number of amides is 2. The number of carbonyl (C=O) groups is 2. The number of nitrogens with one attached hydrogen (secondary N) is 3. The zero-order chi connectivity index (χ0) is 22.8. The van der Waals surface area contributed by atoms with E-state index in [0.29, 0.717) is 30.2 Å². The van der Waals surface area contributed by atoms with E-state index in [0.717, 1.165) is 19.5 Å². The fraction of sp³-hybridized carbons (Fsp3) is 0.320. The Bertz CT molecular complexity index is 997. The molecule has 0 aliphatic carbocycles. The molecule has 1 heterocycles. The lowest BCUT2D eigenvalue weighted by Gasteiger charge is -2.18. The summed E-state index contributed by atoms with van der Waals surface area (Å²) in [6.07, 6.45) is 6.76. The summed E-state index contributed by atoms with van der Waals surface area (Å²) in [5.41, 5.74) is 2.59. The second kappa shape index (κ2) is 11.6. The predicted molar refractivity (Wildman–Crippen MR) is 127 cm³/mol. The lowest BCUT2D eigenvalue weighted by Crippen LogP contribution is -2.43. The Morgan fingerprint density at radius 3 is 2.75 bits per heavy atom. The van der Waals surface area contributed by atoms with Crippen LogP contribution in [0.25, 0.3) is 0 Å². The molecule has 0 saturated carbocycles. The number of terminal acetylenes is 1. The number of guanidine groups is 1. The highest BCUT2D eigenvalue weighted by Crippen LogP contribution is 2.17. The molecule has 2 aromatic carbocycles. The van der Waals surface area contributed by atoms with Crippen molar-refractivity contribution in [3.05, 3.63) is 65.7 Å². The first-order valence-electron chi connectivity index (χ1n) is 10.7. The van der Waals surface area contributed by atoms with Gasteiger partial charge >= 0.3 is 0 Å². The molecule has 166 valence electrons. The van der Waals surface area contributed by atoms with Crippen LogP contribution in [-0.4, -0.2) is 55.9 Å². The first-order chi connectivity index (χ1) is 15.6. The van der Waals surface area contributed by atoms with Crippen molar-refractivity contribution in [1.29, 1.82) is 0 Å². The van der Waals surface area contributed by atoms with Crippen LogP contribution in [0.1, 0.15) is 17.5 Å². The van der Waals surface area contributed by atoms with Gasteiger partial charge in [-0.25, -0.2) is 0 Å². The van der Waals surface area contributed by atoms with Crippen LogP contribution in [0, 0.1) is 18.3 Å². The maximum Gasteiger partial charge on any atom is 0.243 e. The van der Waals surface area contributed by atoms with E-state index >= 15 is 0 Å². The molecule has 1 saturated heterocycles. The second-order valence-corrected chi connectivity index (χ2v) is 7.73. The molecule has 0 spiro atoms. The third-order valence-electron chi connectivity index (χ3n) is 5.32. The molecule has 3 N–H and O–H groups in total. The Balaban J connectivity index is 1.39. The molecule has 1 aliphatic rings. The van der Waals surface area contributed by atoms with Gasteiger partial charge in [0.15, 0.2) is 5.96 Å². The molecule has 2 amide bonds. The third-order valence-corrected chi connectivity index (χ3v) is 5.32. The minimum atomic E-state index is -0.203. The molecule has 2 aromatic rings. The van der Waals surface area contributed by atoms with Crippen LogP contribution in [0.4, 0.5) is 5.69 Å². The van der Waals surface area contributed by atoms with Crippen LogP contribution in [0.2, 0.25) is 0 Å². The van der Waals surface area contributed by atoms with Crippen molar-refractivity contribution in [2.75, 3.05) is 38.5 Å². The number of rotatable bonds is 8. The third kappa shape index (κ3) is 6.88. The summed E-state index contributed by atoms with van der Waals surface area (Å²) in [4.78, 5) is 30.6. The summed E-state index contributed by atoms with van der Waals surface area (Å²) in [6.45, 7) is 2.13. The van der Waals surface area contributed by atoms with E-state index in [9.17, 15) is 9.59 Å². The summed E-state index contributed by atoms with van der Waals surface area (Å²) in [7, 11) is 1.65. The number of anilines is 1. The van der Waals surface area contributed by atoms with Crippen molar-refractivity contribution >= 4 is 23.5 Å². The number of hydrogen-bond acceptors (Lipinski definition) is 3. The van der Waals surface area contributed by atoms with E-state index in [2.05, 4.69) is 39.0 Å². The minimum Gasteiger partial charge on any atom is -0.356 e. The molecule has 1 aliphatic heterocycles. The summed E-state index contributed by atoms with van der Waals surface area (Å²) >= 11 is 0.